The van der Waals surface area contributed by atoms with Crippen LogP contribution in [0.2, 0.25) is 5.15 Å². The zero-order valence-corrected chi connectivity index (χ0v) is 13.1. The monoisotopic (exact) mass is 322 g/mol. The van der Waals surface area contributed by atoms with Gasteiger partial charge in [-0.3, -0.25) is 9.89 Å². The Bertz CT molecular complexity index is 611. The van der Waals surface area contributed by atoms with Gasteiger partial charge in [-0.1, -0.05) is 16.8 Å². The molecule has 118 valence electrons. The van der Waals surface area contributed by atoms with Gasteiger partial charge in [-0.2, -0.15) is 5.10 Å². The second-order valence-corrected chi connectivity index (χ2v) is 6.14. The van der Waals surface area contributed by atoms with Gasteiger partial charge in [0.25, 0.3) is 0 Å². The Morgan fingerprint density at radius 3 is 3.18 bits per heavy atom. The van der Waals surface area contributed by atoms with E-state index >= 15 is 0 Å². The maximum atomic E-state index is 12.3. The van der Waals surface area contributed by atoms with Crippen molar-refractivity contribution in [3.63, 3.8) is 0 Å². The third kappa shape index (κ3) is 3.88. The van der Waals surface area contributed by atoms with Crippen LogP contribution in [0.1, 0.15) is 30.7 Å². The van der Waals surface area contributed by atoms with Crippen molar-refractivity contribution >= 4 is 17.5 Å². The molecule has 0 saturated carbocycles. The van der Waals surface area contributed by atoms with Crippen LogP contribution in [0.3, 0.4) is 0 Å². The summed E-state index contributed by atoms with van der Waals surface area (Å²) in [5, 5.41) is 10.9. The summed E-state index contributed by atoms with van der Waals surface area (Å²) in [5.41, 5.74) is 1.13. The van der Waals surface area contributed by atoms with Gasteiger partial charge in [0.1, 0.15) is 5.76 Å². The highest BCUT2D eigenvalue weighted by Gasteiger charge is 2.24. The van der Waals surface area contributed by atoms with Crippen molar-refractivity contribution < 1.29 is 9.32 Å². The number of hydrogen-bond donors (Lipinski definition) is 1. The van der Waals surface area contributed by atoms with Gasteiger partial charge in [0.2, 0.25) is 5.91 Å². The summed E-state index contributed by atoms with van der Waals surface area (Å²) in [4.78, 5) is 14.3. The standard InChI is InChI=1S/C15H19ClN4O2/c16-14-9-13(22-19-14)3-4-15(21)20-7-1-2-11(10-20)8-12-5-6-17-18-12/h5-6,9,11H,1-4,7-8,10H2,(H,17,18)/t11-/m1/s1. The van der Waals surface area contributed by atoms with E-state index in [1.807, 2.05) is 11.0 Å². The van der Waals surface area contributed by atoms with Crippen LogP contribution >= 0.6 is 11.6 Å². The number of H-pyrrole nitrogens is 1. The first kappa shape index (κ1) is 15.1. The molecule has 0 aliphatic carbocycles. The van der Waals surface area contributed by atoms with Crippen LogP contribution in [0.15, 0.2) is 22.9 Å². The van der Waals surface area contributed by atoms with E-state index in [1.165, 1.54) is 0 Å². The maximum absolute atomic E-state index is 12.3. The molecule has 0 bridgehead atoms. The Hall–Kier alpha value is -1.82. The van der Waals surface area contributed by atoms with E-state index in [-0.39, 0.29) is 5.91 Å². The summed E-state index contributed by atoms with van der Waals surface area (Å²) in [5.74, 6) is 1.32. The average Bonchev–Trinajstić information content (AvgIpc) is 3.17. The quantitative estimate of drug-likeness (QED) is 0.917. The van der Waals surface area contributed by atoms with Gasteiger partial charge in [-0.25, -0.2) is 0 Å². The fourth-order valence-electron chi connectivity index (χ4n) is 2.96. The van der Waals surface area contributed by atoms with Crippen molar-refractivity contribution in [3.05, 3.63) is 34.9 Å². The molecule has 2 aromatic heterocycles. The molecule has 1 saturated heterocycles. The predicted octanol–water partition coefficient (Wildman–Crippen LogP) is 2.46. The summed E-state index contributed by atoms with van der Waals surface area (Å²) >= 11 is 5.70. The van der Waals surface area contributed by atoms with Crippen molar-refractivity contribution in [1.82, 2.24) is 20.3 Å². The normalized spacial score (nSPS) is 18.6. The largest absolute Gasteiger partial charge is 0.360 e. The molecule has 1 N–H and O–H groups in total. The highest BCUT2D eigenvalue weighted by molar-refractivity contribution is 6.29. The van der Waals surface area contributed by atoms with Crippen molar-refractivity contribution in [2.75, 3.05) is 13.1 Å². The summed E-state index contributed by atoms with van der Waals surface area (Å²) in [6.07, 6.45) is 5.90. The lowest BCUT2D eigenvalue weighted by Crippen LogP contribution is -2.40. The Labute approximate surface area is 133 Å². The van der Waals surface area contributed by atoms with Crippen molar-refractivity contribution in [3.8, 4) is 0 Å². The van der Waals surface area contributed by atoms with Gasteiger partial charge in [0, 0.05) is 43.9 Å². The molecule has 6 nitrogen and oxygen atoms in total. The molecule has 0 radical (unpaired) electrons. The molecule has 0 spiro atoms. The van der Waals surface area contributed by atoms with Gasteiger partial charge in [0.05, 0.1) is 0 Å². The van der Waals surface area contributed by atoms with Crippen LogP contribution in [-0.4, -0.2) is 39.3 Å². The molecular weight excluding hydrogens is 304 g/mol. The van der Waals surface area contributed by atoms with Gasteiger partial charge in [-0.15, -0.1) is 0 Å². The number of carbonyl (C=O) groups excluding carboxylic acids is 1. The first-order chi connectivity index (χ1) is 10.7. The van der Waals surface area contributed by atoms with E-state index in [0.717, 1.165) is 38.0 Å². The number of piperidine rings is 1. The first-order valence-corrected chi connectivity index (χ1v) is 7.95. The molecule has 3 rings (SSSR count). The Kier molecular flexibility index (Phi) is 4.77. The Morgan fingerprint density at radius 1 is 1.55 bits per heavy atom. The molecule has 1 fully saturated rings. The smallest absolute Gasteiger partial charge is 0.223 e. The topological polar surface area (TPSA) is 75.0 Å². The van der Waals surface area contributed by atoms with Gasteiger partial charge >= 0.3 is 0 Å². The van der Waals surface area contributed by atoms with E-state index in [0.29, 0.717) is 29.7 Å². The fraction of sp³-hybridized carbons (Fsp3) is 0.533. The number of aryl methyl sites for hydroxylation is 1. The summed E-state index contributed by atoms with van der Waals surface area (Å²) in [7, 11) is 0. The Morgan fingerprint density at radius 2 is 2.45 bits per heavy atom. The zero-order chi connectivity index (χ0) is 15.4. The Balaban J connectivity index is 1.49. The molecular formula is C15H19ClN4O2. The van der Waals surface area contributed by atoms with Gasteiger partial charge < -0.3 is 9.42 Å². The molecule has 1 atom stereocenters. The lowest BCUT2D eigenvalue weighted by molar-refractivity contribution is -0.133. The van der Waals surface area contributed by atoms with E-state index in [9.17, 15) is 4.79 Å². The first-order valence-electron chi connectivity index (χ1n) is 7.58. The number of hydrogen-bond acceptors (Lipinski definition) is 4. The minimum absolute atomic E-state index is 0.168. The predicted molar refractivity (Wildman–Crippen MR) is 81.4 cm³/mol. The second-order valence-electron chi connectivity index (χ2n) is 5.75. The molecule has 0 unspecified atom stereocenters. The summed E-state index contributed by atoms with van der Waals surface area (Å²) < 4.78 is 5.03. The fourth-order valence-corrected chi connectivity index (χ4v) is 3.12. The average molecular weight is 323 g/mol. The molecule has 1 amide bonds. The molecule has 1 aliphatic heterocycles. The minimum Gasteiger partial charge on any atom is -0.360 e. The maximum Gasteiger partial charge on any atom is 0.223 e. The molecule has 2 aromatic rings. The summed E-state index contributed by atoms with van der Waals surface area (Å²) in [6, 6.07) is 3.65. The third-order valence-electron chi connectivity index (χ3n) is 4.05. The highest BCUT2D eigenvalue weighted by Crippen LogP contribution is 2.21. The van der Waals surface area contributed by atoms with E-state index in [4.69, 9.17) is 16.1 Å². The van der Waals surface area contributed by atoms with Crippen molar-refractivity contribution in [1.29, 1.82) is 0 Å². The molecule has 1 aliphatic rings. The zero-order valence-electron chi connectivity index (χ0n) is 12.3. The second kappa shape index (κ2) is 6.96. The lowest BCUT2D eigenvalue weighted by Gasteiger charge is -2.32. The van der Waals surface area contributed by atoms with Crippen LogP contribution in [-0.2, 0) is 17.6 Å². The van der Waals surface area contributed by atoms with E-state index < -0.39 is 0 Å². The summed E-state index contributed by atoms with van der Waals surface area (Å²) in [6.45, 7) is 1.66. The highest BCUT2D eigenvalue weighted by atomic mass is 35.5. The number of aromatic amines is 1. The van der Waals surface area contributed by atoms with E-state index in [2.05, 4.69) is 15.4 Å². The number of nitrogens with zero attached hydrogens (tertiary/aromatic N) is 3. The molecule has 3 heterocycles. The van der Waals surface area contributed by atoms with E-state index in [1.54, 1.807) is 12.3 Å². The molecule has 7 heteroatoms. The van der Waals surface area contributed by atoms with Gasteiger partial charge in [0.15, 0.2) is 5.15 Å². The number of carbonyl (C=O) groups is 1. The number of halogens is 1. The van der Waals surface area contributed by atoms with Crippen LogP contribution < -0.4 is 0 Å². The van der Waals surface area contributed by atoms with Crippen molar-refractivity contribution in [2.45, 2.75) is 32.1 Å². The minimum atomic E-state index is 0.168. The molecule has 0 aromatic carbocycles. The lowest BCUT2D eigenvalue weighted by atomic mass is 9.93. The van der Waals surface area contributed by atoms with Crippen LogP contribution in [0.25, 0.3) is 0 Å². The molecule has 22 heavy (non-hydrogen) atoms. The number of nitrogens with one attached hydrogen (secondary N) is 1. The number of likely N-dealkylation sites (tertiary alicyclic amines) is 1. The number of amides is 1. The van der Waals surface area contributed by atoms with Gasteiger partial charge in [-0.05, 0) is 31.2 Å². The number of aromatic nitrogens is 3. The third-order valence-corrected chi connectivity index (χ3v) is 4.23. The van der Waals surface area contributed by atoms with Crippen LogP contribution in [0.4, 0.5) is 0 Å². The van der Waals surface area contributed by atoms with Crippen molar-refractivity contribution in [2.24, 2.45) is 5.92 Å². The number of rotatable bonds is 5. The SMILES string of the molecule is O=C(CCc1cc(Cl)no1)N1CCC[C@H](Cc2ccn[nH]2)C1. The van der Waals surface area contributed by atoms with Crippen LogP contribution in [0.5, 0.6) is 0 Å². The van der Waals surface area contributed by atoms with Crippen LogP contribution in [0, 0.1) is 5.92 Å².